The highest BCUT2D eigenvalue weighted by atomic mass is 127. The Balaban J connectivity index is 0.00000210. The van der Waals surface area contributed by atoms with Crippen LogP contribution < -0.4 is 15.8 Å². The SMILES string of the molecule is I.NC(=NCCc1cc(F)cc2c1OCOC2)Nc1ccc2c(c1)CCC2. The fourth-order valence-electron chi connectivity index (χ4n) is 3.58. The summed E-state index contributed by atoms with van der Waals surface area (Å²) in [5.74, 6) is 0.775. The van der Waals surface area contributed by atoms with E-state index in [9.17, 15) is 4.39 Å². The van der Waals surface area contributed by atoms with Crippen molar-refractivity contribution in [1.82, 2.24) is 0 Å². The maximum Gasteiger partial charge on any atom is 0.193 e. The number of nitrogens with zero attached hydrogens (tertiary/aromatic N) is 1. The Morgan fingerprint density at radius 2 is 2.00 bits per heavy atom. The molecule has 2 aliphatic rings. The third kappa shape index (κ3) is 4.70. The number of aryl methyl sites for hydroxylation is 2. The van der Waals surface area contributed by atoms with Crippen LogP contribution in [0, 0.1) is 5.82 Å². The minimum absolute atomic E-state index is 0. The number of benzene rings is 2. The van der Waals surface area contributed by atoms with Crippen LogP contribution in [-0.4, -0.2) is 19.3 Å². The fourth-order valence-corrected chi connectivity index (χ4v) is 3.58. The Bertz CT molecular complexity index is 857. The third-order valence-electron chi connectivity index (χ3n) is 4.79. The number of rotatable bonds is 4. The van der Waals surface area contributed by atoms with Crippen molar-refractivity contribution in [2.45, 2.75) is 32.3 Å². The van der Waals surface area contributed by atoms with Crippen molar-refractivity contribution in [3.05, 3.63) is 58.4 Å². The van der Waals surface area contributed by atoms with Crippen molar-refractivity contribution in [2.75, 3.05) is 18.7 Å². The van der Waals surface area contributed by atoms with Gasteiger partial charge in [-0.3, -0.25) is 4.99 Å². The molecule has 7 heteroatoms. The third-order valence-corrected chi connectivity index (χ3v) is 4.79. The minimum atomic E-state index is -0.291. The van der Waals surface area contributed by atoms with Crippen molar-refractivity contribution in [2.24, 2.45) is 10.7 Å². The van der Waals surface area contributed by atoms with E-state index in [0.29, 0.717) is 31.3 Å². The van der Waals surface area contributed by atoms with Gasteiger partial charge in [-0.15, -0.1) is 24.0 Å². The Kier molecular flexibility index (Phi) is 6.54. The van der Waals surface area contributed by atoms with Crippen LogP contribution in [0.3, 0.4) is 0 Å². The van der Waals surface area contributed by atoms with Gasteiger partial charge in [0.1, 0.15) is 11.6 Å². The van der Waals surface area contributed by atoms with Crippen LogP contribution in [0.1, 0.15) is 28.7 Å². The van der Waals surface area contributed by atoms with Gasteiger partial charge in [0.15, 0.2) is 12.8 Å². The van der Waals surface area contributed by atoms with E-state index in [1.165, 1.54) is 29.7 Å². The fraction of sp³-hybridized carbons (Fsp3) is 0.350. The first kappa shape index (κ1) is 19.9. The van der Waals surface area contributed by atoms with Gasteiger partial charge in [-0.05, 0) is 66.6 Å². The number of hydrogen-bond donors (Lipinski definition) is 2. The van der Waals surface area contributed by atoms with Gasteiger partial charge in [0.2, 0.25) is 0 Å². The van der Waals surface area contributed by atoms with Crippen molar-refractivity contribution in [3.8, 4) is 5.75 Å². The molecule has 0 spiro atoms. The maximum absolute atomic E-state index is 13.8. The van der Waals surface area contributed by atoms with Crippen LogP contribution in [-0.2, 0) is 30.6 Å². The summed E-state index contributed by atoms with van der Waals surface area (Å²) >= 11 is 0. The Labute approximate surface area is 175 Å². The van der Waals surface area contributed by atoms with E-state index in [0.717, 1.165) is 29.7 Å². The molecule has 0 saturated carbocycles. The quantitative estimate of drug-likeness (QED) is 0.395. The van der Waals surface area contributed by atoms with E-state index in [1.807, 2.05) is 6.07 Å². The molecule has 0 aromatic heterocycles. The van der Waals surface area contributed by atoms with Crippen LogP contribution >= 0.6 is 24.0 Å². The lowest BCUT2D eigenvalue weighted by molar-refractivity contribution is -0.0172. The van der Waals surface area contributed by atoms with Gasteiger partial charge in [-0.2, -0.15) is 0 Å². The molecule has 0 saturated heterocycles. The normalized spacial score (nSPS) is 15.4. The van der Waals surface area contributed by atoms with Gasteiger partial charge in [-0.25, -0.2) is 4.39 Å². The average molecular weight is 483 g/mol. The molecule has 0 fully saturated rings. The molecule has 1 heterocycles. The number of fused-ring (bicyclic) bond motifs is 2. The molecule has 144 valence electrons. The highest BCUT2D eigenvalue weighted by Crippen LogP contribution is 2.30. The topological polar surface area (TPSA) is 68.9 Å². The van der Waals surface area contributed by atoms with Crippen LogP contribution in [0.2, 0.25) is 0 Å². The number of halogens is 2. The minimum Gasteiger partial charge on any atom is -0.467 e. The van der Waals surface area contributed by atoms with Gasteiger partial charge in [0, 0.05) is 17.8 Å². The zero-order valence-corrected chi connectivity index (χ0v) is 17.3. The first-order valence-electron chi connectivity index (χ1n) is 8.89. The molecule has 0 unspecified atom stereocenters. The molecule has 1 aliphatic carbocycles. The summed E-state index contributed by atoms with van der Waals surface area (Å²) in [7, 11) is 0. The number of hydrogen-bond acceptors (Lipinski definition) is 3. The molecule has 2 aromatic rings. The second-order valence-corrected chi connectivity index (χ2v) is 6.64. The molecular formula is C20H23FIN3O2. The molecule has 2 aromatic carbocycles. The monoisotopic (exact) mass is 483 g/mol. The largest absolute Gasteiger partial charge is 0.467 e. The van der Waals surface area contributed by atoms with Crippen LogP contribution in [0.5, 0.6) is 5.75 Å². The van der Waals surface area contributed by atoms with Crippen molar-refractivity contribution < 1.29 is 13.9 Å². The molecule has 1 aliphatic heterocycles. The molecule has 0 bridgehead atoms. The summed E-state index contributed by atoms with van der Waals surface area (Å²) in [4.78, 5) is 4.36. The molecule has 5 nitrogen and oxygen atoms in total. The smallest absolute Gasteiger partial charge is 0.193 e. The first-order chi connectivity index (χ1) is 12.7. The van der Waals surface area contributed by atoms with Crippen molar-refractivity contribution in [3.63, 3.8) is 0 Å². The van der Waals surface area contributed by atoms with Crippen LogP contribution in [0.25, 0.3) is 0 Å². The zero-order chi connectivity index (χ0) is 17.9. The summed E-state index contributed by atoms with van der Waals surface area (Å²) in [5, 5.41) is 3.13. The van der Waals surface area contributed by atoms with Crippen LogP contribution in [0.4, 0.5) is 10.1 Å². The van der Waals surface area contributed by atoms with Crippen LogP contribution in [0.15, 0.2) is 35.3 Å². The number of ether oxygens (including phenoxy) is 2. The predicted molar refractivity (Wildman–Crippen MR) is 114 cm³/mol. The van der Waals surface area contributed by atoms with Gasteiger partial charge in [0.25, 0.3) is 0 Å². The van der Waals surface area contributed by atoms with E-state index in [4.69, 9.17) is 15.2 Å². The molecule has 4 rings (SSSR count). The predicted octanol–water partition coefficient (Wildman–Crippen LogP) is 3.77. The van der Waals surface area contributed by atoms with Gasteiger partial charge in [-0.1, -0.05) is 6.07 Å². The second-order valence-electron chi connectivity index (χ2n) is 6.64. The summed E-state index contributed by atoms with van der Waals surface area (Å²) in [5.41, 5.74) is 11.3. The number of guanidine groups is 1. The van der Waals surface area contributed by atoms with E-state index >= 15 is 0 Å². The number of nitrogens with one attached hydrogen (secondary N) is 1. The number of anilines is 1. The van der Waals surface area contributed by atoms with E-state index in [2.05, 4.69) is 22.4 Å². The maximum atomic E-state index is 13.8. The number of aliphatic imine (C=N–C) groups is 1. The Morgan fingerprint density at radius 1 is 1.15 bits per heavy atom. The molecule has 0 radical (unpaired) electrons. The summed E-state index contributed by atoms with van der Waals surface area (Å²) in [6, 6.07) is 9.26. The van der Waals surface area contributed by atoms with Crippen molar-refractivity contribution >= 4 is 35.6 Å². The second kappa shape index (κ2) is 8.88. The lowest BCUT2D eigenvalue weighted by atomic mass is 10.1. The molecule has 0 amide bonds. The Morgan fingerprint density at radius 3 is 2.89 bits per heavy atom. The van der Waals surface area contributed by atoms with Crippen molar-refractivity contribution in [1.29, 1.82) is 0 Å². The first-order valence-corrected chi connectivity index (χ1v) is 8.89. The lowest BCUT2D eigenvalue weighted by Crippen LogP contribution is -2.23. The number of nitrogens with two attached hydrogens (primary N) is 1. The zero-order valence-electron chi connectivity index (χ0n) is 15.0. The Hall–Kier alpha value is -1.87. The molecule has 3 N–H and O–H groups in total. The van der Waals surface area contributed by atoms with E-state index < -0.39 is 0 Å². The summed E-state index contributed by atoms with van der Waals surface area (Å²) in [6.07, 6.45) is 4.04. The molecular weight excluding hydrogens is 460 g/mol. The van der Waals surface area contributed by atoms with E-state index in [1.54, 1.807) is 0 Å². The van der Waals surface area contributed by atoms with Gasteiger partial charge in [0.05, 0.1) is 6.61 Å². The van der Waals surface area contributed by atoms with Gasteiger partial charge < -0.3 is 20.5 Å². The lowest BCUT2D eigenvalue weighted by Gasteiger charge is -2.20. The summed E-state index contributed by atoms with van der Waals surface area (Å²) in [6.45, 7) is 1.01. The highest BCUT2D eigenvalue weighted by molar-refractivity contribution is 14.0. The highest BCUT2D eigenvalue weighted by Gasteiger charge is 2.16. The molecule has 0 atom stereocenters. The molecule has 27 heavy (non-hydrogen) atoms. The standard InChI is InChI=1S/C20H22FN3O2.HI/c21-17-8-15(19-16(9-17)11-25-12-26-19)6-7-23-20(22)24-18-5-4-13-2-1-3-14(13)10-18;/h4-5,8-10H,1-3,6-7,11-12H2,(H3,22,23,24);1H. The average Bonchev–Trinajstić information content (AvgIpc) is 3.09. The summed E-state index contributed by atoms with van der Waals surface area (Å²) < 4.78 is 24.5. The van der Waals surface area contributed by atoms with Gasteiger partial charge >= 0.3 is 0 Å². The van der Waals surface area contributed by atoms with E-state index in [-0.39, 0.29) is 36.6 Å².